The normalized spacial score (nSPS) is 17.0. The molecule has 0 aliphatic heterocycles. The zero-order chi connectivity index (χ0) is 55.7. The summed E-state index contributed by atoms with van der Waals surface area (Å²) in [6.45, 7) is 0. The predicted molar refractivity (Wildman–Crippen MR) is 243 cm³/mol. The molecule has 12 rings (SSSR count). The minimum Gasteiger partial charge on any atom is -0.455 e. The van der Waals surface area contributed by atoms with E-state index in [1.165, 1.54) is 0 Å². The van der Waals surface area contributed by atoms with Gasteiger partial charge in [0.15, 0.2) is 0 Å². The first-order valence-corrected chi connectivity index (χ1v) is 18.0. The van der Waals surface area contributed by atoms with Crippen LogP contribution in [0.5, 0.6) is 0 Å². The van der Waals surface area contributed by atoms with Gasteiger partial charge in [-0.15, -0.1) is 0 Å². The largest absolute Gasteiger partial charge is 0.455 e. The van der Waals surface area contributed by atoms with E-state index < -0.39 is 187 Å². The van der Waals surface area contributed by atoms with Crippen LogP contribution in [0.3, 0.4) is 0 Å². The lowest BCUT2D eigenvalue weighted by molar-refractivity contribution is 0.670. The minimum absolute atomic E-state index is 0.162. The van der Waals surface area contributed by atoms with Crippen LogP contribution in [0.2, 0.25) is 0 Å². The number of para-hydroxylation sites is 1. The molecule has 1 heteroatoms. The van der Waals surface area contributed by atoms with Gasteiger partial charge in [-0.25, -0.2) is 0 Å². The summed E-state index contributed by atoms with van der Waals surface area (Å²) >= 11 is 0. The number of fused-ring (bicyclic) bond motifs is 8. The van der Waals surface area contributed by atoms with Gasteiger partial charge in [0, 0.05) is 16.3 Å². The second-order valence-electron chi connectivity index (χ2n) is 13.5. The summed E-state index contributed by atoms with van der Waals surface area (Å²) in [5.41, 5.74) is -0.0977. The number of benzene rings is 11. The van der Waals surface area contributed by atoms with Crippen molar-refractivity contribution in [1.29, 1.82) is 0 Å². The summed E-state index contributed by atoms with van der Waals surface area (Å²) < 4.78 is 201. The van der Waals surface area contributed by atoms with E-state index in [4.69, 9.17) is 16.8 Å². The molecule has 0 aliphatic carbocycles. The van der Waals surface area contributed by atoms with Gasteiger partial charge >= 0.3 is 0 Å². The Kier molecular flexibility index (Phi) is 3.86. The Morgan fingerprint density at radius 2 is 0.912 bits per heavy atom. The smallest absolute Gasteiger partial charge is 0.143 e. The highest BCUT2D eigenvalue weighted by atomic mass is 16.3. The molecule has 1 aromatic heterocycles. The van der Waals surface area contributed by atoms with Crippen LogP contribution in [0.25, 0.3) is 120 Å². The second kappa shape index (κ2) is 12.5. The lowest BCUT2D eigenvalue weighted by Crippen LogP contribution is -1.92. The van der Waals surface area contributed by atoms with Crippen LogP contribution in [0, 0.1) is 0 Å². The average Bonchev–Trinajstić information content (AvgIpc) is 2.20. The molecule has 0 amide bonds. The van der Waals surface area contributed by atoms with Gasteiger partial charge in [-0.3, -0.25) is 0 Å². The maximum atomic E-state index is 9.75. The van der Waals surface area contributed by atoms with Gasteiger partial charge in [-0.2, -0.15) is 0 Å². The molecule has 0 unspecified atom stereocenters. The van der Waals surface area contributed by atoms with Crippen molar-refractivity contribution in [1.82, 2.24) is 0 Å². The third kappa shape index (κ3) is 4.83. The number of furan rings is 1. The van der Waals surface area contributed by atoms with E-state index in [2.05, 4.69) is 0 Å². The average molecular weight is 744 g/mol. The topological polar surface area (TPSA) is 13.1 Å². The summed E-state index contributed by atoms with van der Waals surface area (Å²) in [5, 5.41) is -1.51. The monoisotopic (exact) mass is 743 g/mol. The maximum Gasteiger partial charge on any atom is 0.143 e. The Morgan fingerprint density at radius 1 is 0.333 bits per heavy atom. The van der Waals surface area contributed by atoms with Gasteiger partial charge in [-0.1, -0.05) is 194 Å². The van der Waals surface area contributed by atoms with E-state index in [-0.39, 0.29) is 16.5 Å². The molecular weight excluding hydrogens is 689 g/mol. The van der Waals surface area contributed by atoms with Crippen molar-refractivity contribution in [3.05, 3.63) is 206 Å². The van der Waals surface area contributed by atoms with E-state index in [9.17, 15) is 16.4 Å². The molecule has 0 saturated heterocycles. The molecule has 0 radical (unpaired) electrons. The first-order valence-electron chi connectivity index (χ1n) is 28.5. The van der Waals surface area contributed by atoms with Crippen molar-refractivity contribution in [3.8, 4) is 44.5 Å². The molecule has 264 valence electrons. The number of hydrogen-bond donors (Lipinski definition) is 0. The van der Waals surface area contributed by atoms with Gasteiger partial charge in [0.2, 0.25) is 0 Å². The van der Waals surface area contributed by atoms with E-state index in [0.717, 1.165) is 21.9 Å². The van der Waals surface area contributed by atoms with Gasteiger partial charge in [0.05, 0.1) is 28.8 Å². The zero-order valence-electron chi connectivity index (χ0n) is 50.4. The third-order valence-corrected chi connectivity index (χ3v) is 10.5. The number of hydrogen-bond acceptors (Lipinski definition) is 1. The molecule has 0 aliphatic rings. The fraction of sp³-hybridized carbons (Fsp3) is 0. The predicted octanol–water partition coefficient (Wildman–Crippen LogP) is 16.0. The molecule has 11 aromatic carbocycles. The van der Waals surface area contributed by atoms with Crippen LogP contribution in [0.1, 0.15) is 28.8 Å². The highest BCUT2D eigenvalue weighted by Gasteiger charge is 2.21. The number of rotatable bonds is 4. The first kappa shape index (κ1) is 17.5. The van der Waals surface area contributed by atoms with Crippen molar-refractivity contribution >= 4 is 75.8 Å². The fourth-order valence-corrected chi connectivity index (χ4v) is 8.09. The molecule has 0 N–H and O–H groups in total. The summed E-state index contributed by atoms with van der Waals surface area (Å²) in [4.78, 5) is 0. The molecule has 0 bridgehead atoms. The summed E-state index contributed by atoms with van der Waals surface area (Å²) in [6.07, 6.45) is 0. The maximum absolute atomic E-state index is 9.75. The summed E-state index contributed by atoms with van der Waals surface area (Å²) in [5.74, 6) is 0. The van der Waals surface area contributed by atoms with Gasteiger partial charge in [0.1, 0.15) is 11.2 Å². The Labute approximate surface area is 359 Å². The first-order chi connectivity index (χ1) is 37.0. The van der Waals surface area contributed by atoms with E-state index >= 15 is 0 Å². The molecule has 0 fully saturated rings. The molecule has 57 heavy (non-hydrogen) atoms. The summed E-state index contributed by atoms with van der Waals surface area (Å²) in [6, 6.07) is 6.67. The molecule has 1 heterocycles. The Bertz CT molecular complexity index is 4730. The fourth-order valence-electron chi connectivity index (χ4n) is 8.09. The lowest BCUT2D eigenvalue weighted by Gasteiger charge is -2.19. The highest BCUT2D eigenvalue weighted by molar-refractivity contribution is 6.25. The Morgan fingerprint density at radius 3 is 1.72 bits per heavy atom. The Balaban J connectivity index is 1.30. The van der Waals surface area contributed by atoms with Crippen LogP contribution in [-0.2, 0) is 0 Å². The lowest BCUT2D eigenvalue weighted by atomic mass is 9.83. The molecule has 0 atom stereocenters. The molecule has 0 saturated carbocycles. The van der Waals surface area contributed by atoms with Gasteiger partial charge < -0.3 is 4.42 Å². The van der Waals surface area contributed by atoms with Crippen molar-refractivity contribution in [2.75, 3.05) is 0 Å². The zero-order valence-corrected chi connectivity index (χ0v) is 29.4. The van der Waals surface area contributed by atoms with Crippen molar-refractivity contribution in [3.63, 3.8) is 0 Å². The second-order valence-corrected chi connectivity index (χ2v) is 13.5. The van der Waals surface area contributed by atoms with Crippen LogP contribution in [0.4, 0.5) is 0 Å². The van der Waals surface area contributed by atoms with Crippen LogP contribution < -0.4 is 0 Å². The van der Waals surface area contributed by atoms with Crippen LogP contribution >= 0.6 is 0 Å². The van der Waals surface area contributed by atoms with E-state index in [1.54, 1.807) is 24.3 Å². The van der Waals surface area contributed by atoms with Crippen molar-refractivity contribution in [2.45, 2.75) is 0 Å². The molecular formula is C56H34O. The third-order valence-electron chi connectivity index (χ3n) is 10.5. The van der Waals surface area contributed by atoms with Crippen molar-refractivity contribution < 1.29 is 33.2 Å². The Hall–Kier alpha value is -7.48. The minimum atomic E-state index is -0.912. The molecule has 12 aromatic rings. The summed E-state index contributed by atoms with van der Waals surface area (Å²) in [7, 11) is 0. The van der Waals surface area contributed by atoms with Crippen LogP contribution in [0.15, 0.2) is 210 Å². The van der Waals surface area contributed by atoms with Crippen LogP contribution in [-0.4, -0.2) is 0 Å². The van der Waals surface area contributed by atoms with Gasteiger partial charge in [0.25, 0.3) is 0 Å². The molecule has 1 nitrogen and oxygen atoms in total. The quantitative estimate of drug-likeness (QED) is 0.164. The highest BCUT2D eigenvalue weighted by Crippen LogP contribution is 2.48. The standard InChI is InChI=1S/C56H34O/c1-2-16-37-34-38(33-32-35(37)14-1)53-46-19-5-7-21-48(46)54(49-22-8-6-20-47(49)53)44-27-11-24-41-42(44)25-10-26-43(41)45-28-13-31-52-55(45)51-30-12-29-50(56(51)57-52)40-23-9-17-36-15-3-4-18-39(36)40/h1-34H/i1D,2D,5D,6D,7D,8D,10D,11D,14D,16D,19D,20D,21D,22D,24D,25D,26D,27D,32D,33D,34D. The van der Waals surface area contributed by atoms with Crippen molar-refractivity contribution in [2.24, 2.45) is 0 Å². The SMILES string of the molecule is [2H]c1c([2H])c([2H])c2c([2H])c(-c3c4c([2H])c([2H])c([2H])c([2H])c4c(-c4c([2H])c([2H])c([2H])c5c(-c6cccc7oc8c(-c9cccc%10ccccc9%10)cccc8c67)c([2H])c([2H])c([2H])c45)c4c([2H])c([2H])c([2H])c([2H])c34)c([2H])c([2H])c2c1[2H]. The van der Waals surface area contributed by atoms with E-state index in [0.29, 0.717) is 21.9 Å². The molecule has 0 spiro atoms. The van der Waals surface area contributed by atoms with E-state index in [1.807, 2.05) is 54.6 Å². The van der Waals surface area contributed by atoms with Gasteiger partial charge in [-0.05, 0) is 105 Å².